The van der Waals surface area contributed by atoms with Crippen molar-refractivity contribution >= 4 is 27.6 Å². The maximum absolute atomic E-state index is 12.8. The maximum atomic E-state index is 12.8. The molecule has 2 aliphatic rings. The number of piperidine rings is 1. The number of benzene rings is 2. The molecule has 0 spiro atoms. The Balaban J connectivity index is 1.34. The second-order valence-electron chi connectivity index (χ2n) is 8.93. The smallest absolute Gasteiger partial charge is 0.344 e. The van der Waals surface area contributed by atoms with E-state index in [1.165, 1.54) is 0 Å². The van der Waals surface area contributed by atoms with Crippen molar-refractivity contribution in [3.63, 3.8) is 0 Å². The topological polar surface area (TPSA) is 80.0 Å². The van der Waals surface area contributed by atoms with Crippen LogP contribution in [0.25, 0.3) is 21.7 Å². The number of hydrogen-bond acceptors (Lipinski definition) is 5. The fraction of sp³-hybridized carbons (Fsp3) is 0.440. The first kappa shape index (κ1) is 20.1. The summed E-state index contributed by atoms with van der Waals surface area (Å²) in [6.07, 6.45) is 4.62. The number of nitrogens with zero attached hydrogens (tertiary/aromatic N) is 1. The highest BCUT2D eigenvalue weighted by molar-refractivity contribution is 6.05. The fourth-order valence-electron chi connectivity index (χ4n) is 5.25. The molecule has 0 bridgehead atoms. The molecule has 0 unspecified atom stereocenters. The van der Waals surface area contributed by atoms with E-state index in [-0.39, 0.29) is 24.1 Å². The Morgan fingerprint density at radius 1 is 1.16 bits per heavy atom. The van der Waals surface area contributed by atoms with Gasteiger partial charge >= 0.3 is 5.63 Å². The van der Waals surface area contributed by atoms with Gasteiger partial charge in [0.15, 0.2) is 6.61 Å². The zero-order valence-corrected chi connectivity index (χ0v) is 17.7. The molecular formula is C25H27NO5. The molecule has 1 saturated heterocycles. The second kappa shape index (κ2) is 7.68. The highest BCUT2D eigenvalue weighted by atomic mass is 16.5. The van der Waals surface area contributed by atoms with Gasteiger partial charge in [0.1, 0.15) is 11.3 Å². The zero-order chi connectivity index (χ0) is 21.6. The minimum absolute atomic E-state index is 0.0741. The number of amides is 1. The molecule has 2 heterocycles. The van der Waals surface area contributed by atoms with E-state index >= 15 is 0 Å². The summed E-state index contributed by atoms with van der Waals surface area (Å²) in [5, 5.41) is 13.1. The number of ether oxygens (including phenoxy) is 1. The van der Waals surface area contributed by atoms with Crippen molar-refractivity contribution < 1.29 is 19.1 Å². The summed E-state index contributed by atoms with van der Waals surface area (Å²) in [4.78, 5) is 27.0. The van der Waals surface area contributed by atoms with Crippen LogP contribution in [-0.4, -0.2) is 41.2 Å². The zero-order valence-electron chi connectivity index (χ0n) is 17.7. The van der Waals surface area contributed by atoms with Crippen LogP contribution >= 0.6 is 0 Å². The fourth-order valence-corrected chi connectivity index (χ4v) is 5.25. The second-order valence-corrected chi connectivity index (χ2v) is 8.93. The molecule has 1 amide bonds. The summed E-state index contributed by atoms with van der Waals surface area (Å²) in [6, 6.07) is 11.1. The van der Waals surface area contributed by atoms with Gasteiger partial charge in [-0.1, -0.05) is 31.0 Å². The van der Waals surface area contributed by atoms with Crippen LogP contribution in [0.4, 0.5) is 0 Å². The van der Waals surface area contributed by atoms with E-state index in [1.54, 1.807) is 6.07 Å². The van der Waals surface area contributed by atoms with Gasteiger partial charge in [-0.15, -0.1) is 0 Å². The third-order valence-corrected chi connectivity index (χ3v) is 7.12. The van der Waals surface area contributed by atoms with E-state index in [0.29, 0.717) is 41.8 Å². The molecule has 6 heteroatoms. The Kier molecular flexibility index (Phi) is 4.97. The molecule has 0 radical (unpaired) electrons. The van der Waals surface area contributed by atoms with Crippen molar-refractivity contribution in [2.45, 2.75) is 44.6 Å². The summed E-state index contributed by atoms with van der Waals surface area (Å²) in [7, 11) is 0. The third-order valence-electron chi connectivity index (χ3n) is 7.12. The van der Waals surface area contributed by atoms with Gasteiger partial charge in [0.05, 0.1) is 11.0 Å². The molecule has 5 rings (SSSR count). The van der Waals surface area contributed by atoms with E-state index in [1.807, 2.05) is 42.2 Å². The van der Waals surface area contributed by atoms with Crippen LogP contribution < -0.4 is 10.4 Å². The lowest BCUT2D eigenvalue weighted by molar-refractivity contribution is -0.145. The Morgan fingerprint density at radius 2 is 1.97 bits per heavy atom. The summed E-state index contributed by atoms with van der Waals surface area (Å²) in [5.74, 6) is 0.612. The molecule has 2 aromatic carbocycles. The molecule has 2 atom stereocenters. The number of hydrogen-bond donors (Lipinski definition) is 1. The van der Waals surface area contributed by atoms with E-state index in [0.717, 1.165) is 36.5 Å². The predicted octanol–water partition coefficient (Wildman–Crippen LogP) is 3.79. The van der Waals surface area contributed by atoms with Crippen LogP contribution in [0.1, 0.15) is 37.7 Å². The first-order valence-electron chi connectivity index (χ1n) is 11.0. The van der Waals surface area contributed by atoms with E-state index in [9.17, 15) is 14.7 Å². The number of likely N-dealkylation sites (tertiary alicyclic amines) is 1. The van der Waals surface area contributed by atoms with Crippen molar-refractivity contribution in [3.05, 3.63) is 52.4 Å². The quantitative estimate of drug-likeness (QED) is 0.514. The lowest BCUT2D eigenvalue weighted by atomic mass is 9.71. The van der Waals surface area contributed by atoms with Crippen molar-refractivity contribution in [2.24, 2.45) is 5.92 Å². The highest BCUT2D eigenvalue weighted by Gasteiger charge is 2.43. The van der Waals surface area contributed by atoms with Crippen LogP contribution in [0.3, 0.4) is 0 Å². The molecule has 2 fully saturated rings. The largest absolute Gasteiger partial charge is 0.483 e. The predicted molar refractivity (Wildman–Crippen MR) is 118 cm³/mol. The summed E-state index contributed by atoms with van der Waals surface area (Å²) < 4.78 is 11.4. The van der Waals surface area contributed by atoms with Gasteiger partial charge in [-0.05, 0) is 49.8 Å². The van der Waals surface area contributed by atoms with Gasteiger partial charge in [0, 0.05) is 30.0 Å². The average Bonchev–Trinajstić information content (AvgIpc) is 2.78. The van der Waals surface area contributed by atoms with Crippen LogP contribution in [0.15, 0.2) is 45.6 Å². The van der Waals surface area contributed by atoms with Gasteiger partial charge in [-0.2, -0.15) is 0 Å². The Labute approximate surface area is 180 Å². The molecule has 1 aromatic heterocycles. The number of fused-ring (bicyclic) bond motifs is 4. The molecule has 1 aliphatic heterocycles. The van der Waals surface area contributed by atoms with Gasteiger partial charge in [0.25, 0.3) is 5.91 Å². The van der Waals surface area contributed by atoms with Crippen molar-refractivity contribution in [1.29, 1.82) is 0 Å². The van der Waals surface area contributed by atoms with Crippen LogP contribution in [-0.2, 0) is 4.79 Å². The summed E-state index contributed by atoms with van der Waals surface area (Å²) in [5.41, 5.74) is 0.200. The van der Waals surface area contributed by atoms with Crippen LogP contribution in [0.5, 0.6) is 5.75 Å². The molecule has 162 valence electrons. The van der Waals surface area contributed by atoms with E-state index in [2.05, 4.69) is 0 Å². The van der Waals surface area contributed by atoms with E-state index in [4.69, 9.17) is 9.15 Å². The lowest BCUT2D eigenvalue weighted by Crippen LogP contribution is -2.55. The lowest BCUT2D eigenvalue weighted by Gasteiger charge is -2.47. The molecule has 1 saturated carbocycles. The first-order valence-corrected chi connectivity index (χ1v) is 11.0. The molecule has 6 nitrogen and oxygen atoms in total. The number of carbonyl (C=O) groups excluding carboxylic acids is 1. The SMILES string of the molecule is Cc1c(OCC(=O)N2CC[C@@]3(O)CCCC[C@H]3C2)ccc2c1oc(=O)c1ccccc12. The molecular weight excluding hydrogens is 394 g/mol. The van der Waals surface area contributed by atoms with Crippen molar-refractivity contribution in [2.75, 3.05) is 19.7 Å². The minimum Gasteiger partial charge on any atom is -0.483 e. The summed E-state index contributed by atoms with van der Waals surface area (Å²) in [6.45, 7) is 2.92. The monoisotopic (exact) mass is 421 g/mol. The van der Waals surface area contributed by atoms with E-state index < -0.39 is 5.60 Å². The highest BCUT2D eigenvalue weighted by Crippen LogP contribution is 2.39. The standard InChI is InChI=1S/C25H27NO5/c1-16-21(10-9-19-18-7-2-3-8-20(18)24(28)31-23(16)19)30-15-22(27)26-13-12-25(29)11-5-4-6-17(25)14-26/h2-3,7-10,17,29H,4-6,11-15H2,1H3/t17-,25-/m0/s1. The summed E-state index contributed by atoms with van der Waals surface area (Å²) >= 11 is 0. The first-order chi connectivity index (χ1) is 15.0. The molecule has 1 N–H and O–H groups in total. The van der Waals surface area contributed by atoms with Crippen molar-refractivity contribution in [1.82, 2.24) is 4.90 Å². The number of aryl methyl sites for hydroxylation is 1. The number of carbonyl (C=O) groups is 1. The third kappa shape index (κ3) is 3.49. The number of rotatable bonds is 3. The average molecular weight is 421 g/mol. The normalized spacial score (nSPS) is 23.7. The Bertz CT molecular complexity index is 1220. The minimum atomic E-state index is -0.606. The van der Waals surface area contributed by atoms with Gasteiger partial charge in [-0.3, -0.25) is 4.79 Å². The van der Waals surface area contributed by atoms with Crippen LogP contribution in [0, 0.1) is 12.8 Å². The Morgan fingerprint density at radius 3 is 2.81 bits per heavy atom. The van der Waals surface area contributed by atoms with Gasteiger partial charge in [-0.25, -0.2) is 4.79 Å². The van der Waals surface area contributed by atoms with Gasteiger partial charge in [0.2, 0.25) is 0 Å². The van der Waals surface area contributed by atoms with Crippen molar-refractivity contribution in [3.8, 4) is 5.75 Å². The maximum Gasteiger partial charge on any atom is 0.344 e. The Hall–Kier alpha value is -2.86. The molecule has 31 heavy (non-hydrogen) atoms. The molecule has 1 aliphatic carbocycles. The van der Waals surface area contributed by atoms with Crippen LogP contribution in [0.2, 0.25) is 0 Å². The molecule has 3 aromatic rings. The van der Waals surface area contributed by atoms with Gasteiger partial charge < -0.3 is 19.2 Å². The number of aliphatic hydroxyl groups is 1.